The van der Waals surface area contributed by atoms with E-state index >= 15 is 0 Å². The Morgan fingerprint density at radius 1 is 1.64 bits per heavy atom. The average molecular weight is 154 g/mol. The van der Waals surface area contributed by atoms with E-state index in [1.807, 2.05) is 12.2 Å². The van der Waals surface area contributed by atoms with Crippen molar-refractivity contribution in [2.24, 2.45) is 17.8 Å². The molecule has 0 aromatic heterocycles. The van der Waals surface area contributed by atoms with E-state index in [2.05, 4.69) is 0 Å². The topological polar surface area (TPSA) is 46.5 Å². The molecule has 0 saturated carbocycles. The zero-order chi connectivity index (χ0) is 7.84. The fraction of sp³-hybridized carbons (Fsp3) is 0.625. The SMILES string of the molecule is O=C1OC[C@H]2[C@@H](CO)C=C[C@@H]12. The molecule has 2 rings (SSSR count). The molecule has 3 heteroatoms. The summed E-state index contributed by atoms with van der Waals surface area (Å²) in [7, 11) is 0. The lowest BCUT2D eigenvalue weighted by molar-refractivity contribution is -0.140. The van der Waals surface area contributed by atoms with Crippen LogP contribution in [0.3, 0.4) is 0 Å². The number of fused-ring (bicyclic) bond motifs is 1. The molecular weight excluding hydrogens is 144 g/mol. The minimum Gasteiger partial charge on any atom is -0.465 e. The van der Waals surface area contributed by atoms with Gasteiger partial charge in [-0.1, -0.05) is 12.2 Å². The molecule has 11 heavy (non-hydrogen) atoms. The van der Waals surface area contributed by atoms with Gasteiger partial charge < -0.3 is 9.84 Å². The van der Waals surface area contributed by atoms with Crippen molar-refractivity contribution in [1.82, 2.24) is 0 Å². The van der Waals surface area contributed by atoms with Gasteiger partial charge in [0.05, 0.1) is 12.5 Å². The van der Waals surface area contributed by atoms with Gasteiger partial charge in [-0.15, -0.1) is 0 Å². The maximum atomic E-state index is 11.0. The summed E-state index contributed by atoms with van der Waals surface area (Å²) in [4.78, 5) is 11.0. The summed E-state index contributed by atoms with van der Waals surface area (Å²) in [6, 6.07) is 0. The highest BCUT2D eigenvalue weighted by molar-refractivity contribution is 5.77. The Morgan fingerprint density at radius 2 is 2.45 bits per heavy atom. The first-order valence-electron chi connectivity index (χ1n) is 3.78. The number of esters is 1. The number of aliphatic hydroxyl groups excluding tert-OH is 1. The molecule has 1 heterocycles. The Labute approximate surface area is 64.7 Å². The van der Waals surface area contributed by atoms with Crippen LogP contribution in [0.2, 0.25) is 0 Å². The summed E-state index contributed by atoms with van der Waals surface area (Å²) in [5.74, 6) is 0.119. The second-order valence-corrected chi connectivity index (χ2v) is 3.05. The largest absolute Gasteiger partial charge is 0.465 e. The Morgan fingerprint density at radius 3 is 3.18 bits per heavy atom. The number of cyclic esters (lactones) is 1. The molecule has 1 fully saturated rings. The van der Waals surface area contributed by atoms with E-state index in [4.69, 9.17) is 9.84 Å². The van der Waals surface area contributed by atoms with Crippen molar-refractivity contribution >= 4 is 5.97 Å². The third-order valence-electron chi connectivity index (χ3n) is 2.48. The molecule has 0 aromatic carbocycles. The standard InChI is InChI=1S/C8H10O3/c9-3-5-1-2-6-7(5)4-11-8(6)10/h1-2,5-7,9H,3-4H2/t5-,6-,7+/m1/s1. The quantitative estimate of drug-likeness (QED) is 0.425. The van der Waals surface area contributed by atoms with E-state index < -0.39 is 0 Å². The number of aliphatic hydroxyl groups is 1. The Balaban J connectivity index is 2.16. The molecule has 3 atom stereocenters. The molecule has 60 valence electrons. The summed E-state index contributed by atoms with van der Waals surface area (Å²) < 4.78 is 4.85. The van der Waals surface area contributed by atoms with Crippen molar-refractivity contribution in [3.05, 3.63) is 12.2 Å². The van der Waals surface area contributed by atoms with E-state index in [0.717, 1.165) is 0 Å². The van der Waals surface area contributed by atoms with Crippen LogP contribution in [-0.4, -0.2) is 24.3 Å². The van der Waals surface area contributed by atoms with Gasteiger partial charge in [-0.2, -0.15) is 0 Å². The van der Waals surface area contributed by atoms with Crippen LogP contribution in [0.5, 0.6) is 0 Å². The molecule has 3 nitrogen and oxygen atoms in total. The van der Waals surface area contributed by atoms with Crippen molar-refractivity contribution in [1.29, 1.82) is 0 Å². The van der Waals surface area contributed by atoms with E-state index in [0.29, 0.717) is 6.61 Å². The Hall–Kier alpha value is -0.830. The van der Waals surface area contributed by atoms with Gasteiger partial charge in [-0.3, -0.25) is 4.79 Å². The summed E-state index contributed by atoms with van der Waals surface area (Å²) in [5.41, 5.74) is 0. The number of carbonyl (C=O) groups excluding carboxylic acids is 1. The third kappa shape index (κ3) is 0.878. The highest BCUT2D eigenvalue weighted by Gasteiger charge is 2.42. The maximum absolute atomic E-state index is 11.0. The van der Waals surface area contributed by atoms with Crippen LogP contribution < -0.4 is 0 Å². The van der Waals surface area contributed by atoms with E-state index in [-0.39, 0.29) is 30.3 Å². The molecule has 0 amide bonds. The van der Waals surface area contributed by atoms with Gasteiger partial charge in [-0.05, 0) is 0 Å². The predicted molar refractivity (Wildman–Crippen MR) is 37.7 cm³/mol. The number of hydrogen-bond acceptors (Lipinski definition) is 3. The molecule has 0 spiro atoms. The molecule has 1 saturated heterocycles. The lowest BCUT2D eigenvalue weighted by atomic mass is 9.91. The van der Waals surface area contributed by atoms with Crippen molar-refractivity contribution in [3.63, 3.8) is 0 Å². The minimum absolute atomic E-state index is 0.0767. The maximum Gasteiger partial charge on any atom is 0.313 e. The smallest absolute Gasteiger partial charge is 0.313 e. The van der Waals surface area contributed by atoms with E-state index in [1.165, 1.54) is 0 Å². The van der Waals surface area contributed by atoms with Crippen molar-refractivity contribution in [3.8, 4) is 0 Å². The molecule has 0 radical (unpaired) electrons. The monoisotopic (exact) mass is 154 g/mol. The molecule has 2 aliphatic rings. The predicted octanol–water partition coefficient (Wildman–Crippen LogP) is -0.0461. The zero-order valence-corrected chi connectivity index (χ0v) is 6.06. The molecule has 0 unspecified atom stereocenters. The summed E-state index contributed by atoms with van der Waals surface area (Å²) in [6.07, 6.45) is 3.76. The first kappa shape index (κ1) is 6.85. The van der Waals surface area contributed by atoms with Gasteiger partial charge in [-0.25, -0.2) is 0 Å². The summed E-state index contributed by atoms with van der Waals surface area (Å²) >= 11 is 0. The normalized spacial score (nSPS) is 40.8. The molecule has 1 aliphatic carbocycles. The number of carbonyl (C=O) groups is 1. The van der Waals surface area contributed by atoms with Gasteiger partial charge in [0, 0.05) is 18.4 Å². The lowest BCUT2D eigenvalue weighted by Crippen LogP contribution is -2.18. The van der Waals surface area contributed by atoms with Gasteiger partial charge in [0.15, 0.2) is 0 Å². The second-order valence-electron chi connectivity index (χ2n) is 3.05. The molecule has 1 N–H and O–H groups in total. The second kappa shape index (κ2) is 2.34. The number of ether oxygens (including phenoxy) is 1. The Kier molecular flexibility index (Phi) is 1.46. The van der Waals surface area contributed by atoms with E-state index in [9.17, 15) is 4.79 Å². The number of hydrogen-bond donors (Lipinski definition) is 1. The summed E-state index contributed by atoms with van der Waals surface area (Å²) in [6.45, 7) is 0.593. The lowest BCUT2D eigenvalue weighted by Gasteiger charge is -2.11. The molecule has 0 bridgehead atoms. The fourth-order valence-corrected chi connectivity index (χ4v) is 1.77. The van der Waals surface area contributed by atoms with Crippen molar-refractivity contribution in [2.45, 2.75) is 0 Å². The van der Waals surface area contributed by atoms with Crippen LogP contribution in [0.15, 0.2) is 12.2 Å². The van der Waals surface area contributed by atoms with Gasteiger partial charge in [0.1, 0.15) is 0 Å². The highest BCUT2D eigenvalue weighted by atomic mass is 16.5. The van der Waals surface area contributed by atoms with Gasteiger partial charge >= 0.3 is 5.97 Å². The van der Waals surface area contributed by atoms with Crippen LogP contribution in [0.1, 0.15) is 0 Å². The first-order chi connectivity index (χ1) is 5.33. The Bertz CT molecular complexity index is 209. The van der Waals surface area contributed by atoms with Gasteiger partial charge in [0.2, 0.25) is 0 Å². The highest BCUT2D eigenvalue weighted by Crippen LogP contribution is 2.36. The molecule has 1 aliphatic heterocycles. The van der Waals surface area contributed by atoms with Crippen molar-refractivity contribution in [2.75, 3.05) is 13.2 Å². The van der Waals surface area contributed by atoms with Crippen LogP contribution in [0, 0.1) is 17.8 Å². The molecular formula is C8H10O3. The fourth-order valence-electron chi connectivity index (χ4n) is 1.77. The summed E-state index contributed by atoms with van der Waals surface area (Å²) in [5, 5.41) is 8.88. The van der Waals surface area contributed by atoms with Crippen LogP contribution in [0.4, 0.5) is 0 Å². The van der Waals surface area contributed by atoms with Crippen molar-refractivity contribution < 1.29 is 14.6 Å². The van der Waals surface area contributed by atoms with E-state index in [1.54, 1.807) is 0 Å². The van der Waals surface area contributed by atoms with Gasteiger partial charge in [0.25, 0.3) is 0 Å². The minimum atomic E-state index is -0.137. The zero-order valence-electron chi connectivity index (χ0n) is 6.06. The van der Waals surface area contributed by atoms with Crippen LogP contribution in [0.25, 0.3) is 0 Å². The molecule has 0 aromatic rings. The average Bonchev–Trinajstić information content (AvgIpc) is 2.53. The number of rotatable bonds is 1. The van der Waals surface area contributed by atoms with Crippen LogP contribution >= 0.6 is 0 Å². The first-order valence-corrected chi connectivity index (χ1v) is 3.78. The van der Waals surface area contributed by atoms with Crippen LogP contribution in [-0.2, 0) is 9.53 Å². The third-order valence-corrected chi connectivity index (χ3v) is 2.48.